The van der Waals surface area contributed by atoms with E-state index in [1.807, 2.05) is 12.1 Å². The zero-order valence-electron chi connectivity index (χ0n) is 14.6. The number of carbonyl (C=O) groups is 1. The standard InChI is InChI=1S/C20H22N2O4/c23-20(21-16-4-7-18-19(13-16)26-14-25-18)8-3-15-1-5-17(6-2-15)22-9-11-24-12-10-22/h1-2,4-7,13H,3,8-12,14H2,(H,21,23). The predicted molar refractivity (Wildman–Crippen MR) is 99.0 cm³/mol. The quantitative estimate of drug-likeness (QED) is 0.895. The van der Waals surface area contributed by atoms with Crippen LogP contribution in [0.2, 0.25) is 0 Å². The summed E-state index contributed by atoms with van der Waals surface area (Å²) in [7, 11) is 0. The lowest BCUT2D eigenvalue weighted by Gasteiger charge is -2.28. The molecule has 1 amide bonds. The van der Waals surface area contributed by atoms with Crippen LogP contribution >= 0.6 is 0 Å². The summed E-state index contributed by atoms with van der Waals surface area (Å²) >= 11 is 0. The largest absolute Gasteiger partial charge is 0.454 e. The van der Waals surface area contributed by atoms with Crippen molar-refractivity contribution in [2.24, 2.45) is 0 Å². The number of morpholine rings is 1. The van der Waals surface area contributed by atoms with Gasteiger partial charge in [0.25, 0.3) is 0 Å². The molecule has 136 valence electrons. The molecule has 2 heterocycles. The molecule has 0 atom stereocenters. The summed E-state index contributed by atoms with van der Waals surface area (Å²) in [5, 5.41) is 2.91. The molecule has 0 spiro atoms. The average molecular weight is 354 g/mol. The Morgan fingerprint density at radius 1 is 1.00 bits per heavy atom. The summed E-state index contributed by atoms with van der Waals surface area (Å²) in [5.41, 5.74) is 3.09. The maximum Gasteiger partial charge on any atom is 0.231 e. The third-order valence-electron chi connectivity index (χ3n) is 4.61. The van der Waals surface area contributed by atoms with Crippen LogP contribution in [-0.4, -0.2) is 39.0 Å². The molecule has 6 heteroatoms. The van der Waals surface area contributed by atoms with Gasteiger partial charge in [0, 0.05) is 37.0 Å². The Kier molecular flexibility index (Phi) is 4.93. The number of rotatable bonds is 5. The van der Waals surface area contributed by atoms with E-state index in [2.05, 4.69) is 34.5 Å². The van der Waals surface area contributed by atoms with E-state index in [9.17, 15) is 4.79 Å². The van der Waals surface area contributed by atoms with Gasteiger partial charge in [-0.3, -0.25) is 4.79 Å². The van der Waals surface area contributed by atoms with E-state index < -0.39 is 0 Å². The summed E-state index contributed by atoms with van der Waals surface area (Å²) in [5.74, 6) is 1.37. The fourth-order valence-corrected chi connectivity index (χ4v) is 3.15. The van der Waals surface area contributed by atoms with Gasteiger partial charge in [-0.05, 0) is 36.2 Å². The Hall–Kier alpha value is -2.73. The van der Waals surface area contributed by atoms with Crippen molar-refractivity contribution in [1.29, 1.82) is 0 Å². The molecule has 1 fully saturated rings. The van der Waals surface area contributed by atoms with E-state index in [4.69, 9.17) is 14.2 Å². The highest BCUT2D eigenvalue weighted by molar-refractivity contribution is 5.91. The second-order valence-electron chi connectivity index (χ2n) is 6.38. The smallest absolute Gasteiger partial charge is 0.231 e. The van der Waals surface area contributed by atoms with Gasteiger partial charge in [0.05, 0.1) is 13.2 Å². The van der Waals surface area contributed by atoms with Crippen molar-refractivity contribution in [3.05, 3.63) is 48.0 Å². The van der Waals surface area contributed by atoms with Crippen LogP contribution in [0.1, 0.15) is 12.0 Å². The molecule has 1 N–H and O–H groups in total. The first-order valence-corrected chi connectivity index (χ1v) is 8.89. The molecule has 0 saturated carbocycles. The van der Waals surface area contributed by atoms with E-state index in [1.54, 1.807) is 6.07 Å². The van der Waals surface area contributed by atoms with Gasteiger partial charge in [-0.15, -0.1) is 0 Å². The molecule has 0 radical (unpaired) electrons. The lowest BCUT2D eigenvalue weighted by atomic mass is 10.1. The minimum absolute atomic E-state index is 0.0129. The second kappa shape index (κ2) is 7.66. The van der Waals surface area contributed by atoms with Crippen LogP contribution in [0.3, 0.4) is 0 Å². The number of carbonyl (C=O) groups excluding carboxylic acids is 1. The van der Waals surface area contributed by atoms with Gasteiger partial charge in [0.15, 0.2) is 11.5 Å². The molecule has 26 heavy (non-hydrogen) atoms. The number of anilines is 2. The lowest BCUT2D eigenvalue weighted by molar-refractivity contribution is -0.116. The maximum atomic E-state index is 12.2. The van der Waals surface area contributed by atoms with E-state index in [-0.39, 0.29) is 12.7 Å². The first-order valence-electron chi connectivity index (χ1n) is 8.89. The first-order chi connectivity index (χ1) is 12.8. The Labute approximate surface area is 152 Å². The summed E-state index contributed by atoms with van der Waals surface area (Å²) in [6.07, 6.45) is 1.14. The van der Waals surface area contributed by atoms with Crippen LogP contribution in [0.5, 0.6) is 11.5 Å². The minimum atomic E-state index is -0.0129. The van der Waals surface area contributed by atoms with Crippen LogP contribution in [0.15, 0.2) is 42.5 Å². The second-order valence-corrected chi connectivity index (χ2v) is 6.38. The van der Waals surface area contributed by atoms with Crippen molar-refractivity contribution in [3.63, 3.8) is 0 Å². The molecule has 2 aromatic carbocycles. The first kappa shape index (κ1) is 16.7. The highest BCUT2D eigenvalue weighted by Crippen LogP contribution is 2.34. The van der Waals surface area contributed by atoms with E-state index >= 15 is 0 Å². The van der Waals surface area contributed by atoms with Gasteiger partial charge in [-0.1, -0.05) is 12.1 Å². The van der Waals surface area contributed by atoms with E-state index in [0.717, 1.165) is 37.6 Å². The van der Waals surface area contributed by atoms with Gasteiger partial charge in [0.2, 0.25) is 12.7 Å². The average Bonchev–Trinajstić information content (AvgIpc) is 3.15. The Morgan fingerprint density at radius 3 is 2.58 bits per heavy atom. The number of hydrogen-bond acceptors (Lipinski definition) is 5. The number of aryl methyl sites for hydroxylation is 1. The molecule has 4 rings (SSSR count). The maximum absolute atomic E-state index is 12.2. The van der Waals surface area contributed by atoms with Crippen molar-refractivity contribution in [2.75, 3.05) is 43.3 Å². The molecular weight excluding hydrogens is 332 g/mol. The number of nitrogens with zero attached hydrogens (tertiary/aromatic N) is 1. The van der Waals surface area contributed by atoms with Crippen LogP contribution in [-0.2, 0) is 16.0 Å². The Balaban J connectivity index is 1.28. The van der Waals surface area contributed by atoms with Gasteiger partial charge in [-0.2, -0.15) is 0 Å². The van der Waals surface area contributed by atoms with Gasteiger partial charge < -0.3 is 24.4 Å². The minimum Gasteiger partial charge on any atom is -0.454 e. The summed E-state index contributed by atoms with van der Waals surface area (Å²) < 4.78 is 16.0. The number of amides is 1. The monoisotopic (exact) mass is 354 g/mol. The molecule has 0 unspecified atom stereocenters. The van der Waals surface area contributed by atoms with E-state index in [1.165, 1.54) is 5.69 Å². The summed E-state index contributed by atoms with van der Waals surface area (Å²) in [6, 6.07) is 13.9. The number of benzene rings is 2. The summed E-state index contributed by atoms with van der Waals surface area (Å²) in [6.45, 7) is 3.64. The number of ether oxygens (including phenoxy) is 3. The van der Waals surface area contributed by atoms with Crippen LogP contribution in [0.25, 0.3) is 0 Å². The third kappa shape index (κ3) is 3.91. The molecule has 1 saturated heterocycles. The Morgan fingerprint density at radius 2 is 1.77 bits per heavy atom. The number of hydrogen-bond donors (Lipinski definition) is 1. The molecule has 0 bridgehead atoms. The molecule has 2 aliphatic heterocycles. The van der Waals surface area contributed by atoms with Crippen molar-refractivity contribution >= 4 is 17.3 Å². The topological polar surface area (TPSA) is 60.0 Å². The van der Waals surface area contributed by atoms with Crippen LogP contribution < -0.4 is 19.7 Å². The van der Waals surface area contributed by atoms with Crippen molar-refractivity contribution in [1.82, 2.24) is 0 Å². The van der Waals surface area contributed by atoms with Crippen LogP contribution in [0.4, 0.5) is 11.4 Å². The van der Waals surface area contributed by atoms with Gasteiger partial charge >= 0.3 is 0 Å². The zero-order chi connectivity index (χ0) is 17.8. The number of fused-ring (bicyclic) bond motifs is 1. The zero-order valence-corrected chi connectivity index (χ0v) is 14.6. The fraction of sp³-hybridized carbons (Fsp3) is 0.350. The van der Waals surface area contributed by atoms with Gasteiger partial charge in [-0.25, -0.2) is 0 Å². The highest BCUT2D eigenvalue weighted by atomic mass is 16.7. The highest BCUT2D eigenvalue weighted by Gasteiger charge is 2.14. The van der Waals surface area contributed by atoms with E-state index in [0.29, 0.717) is 24.3 Å². The van der Waals surface area contributed by atoms with Crippen LogP contribution in [0, 0.1) is 0 Å². The molecule has 0 aliphatic carbocycles. The summed E-state index contributed by atoms with van der Waals surface area (Å²) in [4.78, 5) is 14.5. The SMILES string of the molecule is O=C(CCc1ccc(N2CCOCC2)cc1)Nc1ccc2c(c1)OCO2. The Bertz CT molecular complexity index is 770. The predicted octanol–water partition coefficient (Wildman–Crippen LogP) is 2.82. The third-order valence-corrected chi connectivity index (χ3v) is 4.61. The normalized spacial score (nSPS) is 15.8. The molecular formula is C20H22N2O4. The van der Waals surface area contributed by atoms with Crippen molar-refractivity contribution in [2.45, 2.75) is 12.8 Å². The molecule has 0 aromatic heterocycles. The fourth-order valence-electron chi connectivity index (χ4n) is 3.15. The van der Waals surface area contributed by atoms with Crippen molar-refractivity contribution in [3.8, 4) is 11.5 Å². The van der Waals surface area contributed by atoms with Gasteiger partial charge in [0.1, 0.15) is 0 Å². The lowest BCUT2D eigenvalue weighted by Crippen LogP contribution is -2.36. The molecule has 6 nitrogen and oxygen atoms in total. The molecule has 2 aromatic rings. The number of nitrogens with one attached hydrogen (secondary N) is 1. The molecule has 2 aliphatic rings. The van der Waals surface area contributed by atoms with Crippen molar-refractivity contribution < 1.29 is 19.0 Å².